The molecule has 3 rings (SSSR count). The van der Waals surface area contributed by atoms with E-state index in [0.29, 0.717) is 16.6 Å². The molecule has 6 heteroatoms. The highest BCUT2D eigenvalue weighted by molar-refractivity contribution is 7.13. The van der Waals surface area contributed by atoms with Crippen LogP contribution in [0.3, 0.4) is 0 Å². The lowest BCUT2D eigenvalue weighted by Crippen LogP contribution is -2.20. The van der Waals surface area contributed by atoms with Gasteiger partial charge in [0.25, 0.3) is 0 Å². The van der Waals surface area contributed by atoms with Gasteiger partial charge in [-0.1, -0.05) is 43.6 Å². The van der Waals surface area contributed by atoms with Crippen LogP contribution in [0.25, 0.3) is 10.8 Å². The van der Waals surface area contributed by atoms with Crippen LogP contribution in [0.1, 0.15) is 31.0 Å². The lowest BCUT2D eigenvalue weighted by atomic mass is 9.88. The SMILES string of the molecule is CC(C)[C@@H](C(=O)OCc1coc(-c2cccs2)n1)c1ccc(Cl)cc1. The van der Waals surface area contributed by atoms with E-state index in [-0.39, 0.29) is 24.4 Å². The Morgan fingerprint density at radius 1 is 1.28 bits per heavy atom. The third-order valence-corrected chi connectivity index (χ3v) is 4.91. The van der Waals surface area contributed by atoms with Crippen molar-refractivity contribution in [1.29, 1.82) is 0 Å². The summed E-state index contributed by atoms with van der Waals surface area (Å²) in [7, 11) is 0. The van der Waals surface area contributed by atoms with Crippen LogP contribution < -0.4 is 0 Å². The van der Waals surface area contributed by atoms with Gasteiger partial charge < -0.3 is 9.15 Å². The average Bonchev–Trinajstić information content (AvgIpc) is 3.26. The molecule has 2 heterocycles. The quantitative estimate of drug-likeness (QED) is 0.531. The van der Waals surface area contributed by atoms with E-state index in [2.05, 4.69) is 4.98 Å². The van der Waals surface area contributed by atoms with Crippen LogP contribution in [-0.2, 0) is 16.1 Å². The molecule has 1 aromatic carbocycles. The van der Waals surface area contributed by atoms with Gasteiger partial charge in [-0.15, -0.1) is 11.3 Å². The lowest BCUT2D eigenvalue weighted by Gasteiger charge is -2.19. The number of ether oxygens (including phenoxy) is 1. The number of halogens is 1. The van der Waals surface area contributed by atoms with Gasteiger partial charge in [0, 0.05) is 5.02 Å². The van der Waals surface area contributed by atoms with Crippen LogP contribution in [0.15, 0.2) is 52.5 Å². The molecule has 3 aromatic rings. The largest absolute Gasteiger partial charge is 0.459 e. The van der Waals surface area contributed by atoms with E-state index in [1.165, 1.54) is 6.26 Å². The predicted molar refractivity (Wildman–Crippen MR) is 98.6 cm³/mol. The Bertz CT molecular complexity index is 825. The summed E-state index contributed by atoms with van der Waals surface area (Å²) in [4.78, 5) is 17.9. The summed E-state index contributed by atoms with van der Waals surface area (Å²) >= 11 is 7.47. The summed E-state index contributed by atoms with van der Waals surface area (Å²) in [6.45, 7) is 4.07. The highest BCUT2D eigenvalue weighted by Crippen LogP contribution is 2.28. The summed E-state index contributed by atoms with van der Waals surface area (Å²) in [5.74, 6) is 0.0192. The van der Waals surface area contributed by atoms with Crippen molar-refractivity contribution in [2.75, 3.05) is 0 Å². The number of rotatable bonds is 6. The number of aromatic nitrogens is 1. The summed E-state index contributed by atoms with van der Waals surface area (Å²) < 4.78 is 10.9. The van der Waals surface area contributed by atoms with Gasteiger partial charge in [0.2, 0.25) is 5.89 Å². The second-order valence-corrected chi connectivity index (χ2v) is 7.39. The number of nitrogens with zero attached hydrogens (tertiary/aromatic N) is 1. The summed E-state index contributed by atoms with van der Waals surface area (Å²) in [5.41, 5.74) is 1.49. The topological polar surface area (TPSA) is 52.3 Å². The minimum absolute atomic E-state index is 0.0878. The van der Waals surface area contributed by atoms with Crippen molar-refractivity contribution in [3.63, 3.8) is 0 Å². The van der Waals surface area contributed by atoms with Crippen LogP contribution in [0.2, 0.25) is 5.02 Å². The normalized spacial score (nSPS) is 12.3. The second-order valence-electron chi connectivity index (χ2n) is 6.00. The Balaban J connectivity index is 1.67. The molecule has 0 aliphatic heterocycles. The zero-order valence-electron chi connectivity index (χ0n) is 13.9. The molecular formula is C19H18ClNO3S. The fraction of sp³-hybridized carbons (Fsp3) is 0.263. The van der Waals surface area contributed by atoms with Crippen molar-refractivity contribution in [3.8, 4) is 10.8 Å². The first kappa shape index (κ1) is 17.7. The fourth-order valence-corrected chi connectivity index (χ4v) is 3.37. The highest BCUT2D eigenvalue weighted by atomic mass is 35.5. The zero-order valence-corrected chi connectivity index (χ0v) is 15.5. The van der Waals surface area contributed by atoms with E-state index in [9.17, 15) is 4.79 Å². The smallest absolute Gasteiger partial charge is 0.314 e. The molecule has 2 aromatic heterocycles. The minimum atomic E-state index is -0.346. The van der Waals surface area contributed by atoms with Crippen molar-refractivity contribution in [2.45, 2.75) is 26.4 Å². The monoisotopic (exact) mass is 375 g/mol. The Morgan fingerprint density at radius 2 is 2.04 bits per heavy atom. The number of hydrogen-bond acceptors (Lipinski definition) is 5. The number of oxazole rings is 1. The van der Waals surface area contributed by atoms with Gasteiger partial charge in [0.1, 0.15) is 18.6 Å². The van der Waals surface area contributed by atoms with Gasteiger partial charge in [-0.2, -0.15) is 0 Å². The molecule has 0 aliphatic carbocycles. The molecule has 0 saturated heterocycles. The van der Waals surface area contributed by atoms with Crippen molar-refractivity contribution in [3.05, 3.63) is 64.3 Å². The van der Waals surface area contributed by atoms with E-state index in [4.69, 9.17) is 20.8 Å². The molecule has 130 valence electrons. The van der Waals surface area contributed by atoms with Gasteiger partial charge in [-0.25, -0.2) is 4.98 Å². The second kappa shape index (κ2) is 7.85. The zero-order chi connectivity index (χ0) is 17.8. The summed E-state index contributed by atoms with van der Waals surface area (Å²) in [5, 5.41) is 2.60. The molecule has 0 aliphatic rings. The summed E-state index contributed by atoms with van der Waals surface area (Å²) in [6, 6.07) is 11.2. The predicted octanol–water partition coefficient (Wildman–Crippen LogP) is 5.54. The van der Waals surface area contributed by atoms with Crippen molar-refractivity contribution in [1.82, 2.24) is 4.98 Å². The third-order valence-electron chi connectivity index (χ3n) is 3.80. The van der Waals surface area contributed by atoms with Gasteiger partial charge in [0.05, 0.1) is 10.8 Å². The van der Waals surface area contributed by atoms with Gasteiger partial charge >= 0.3 is 5.97 Å². The number of esters is 1. The van der Waals surface area contributed by atoms with Crippen LogP contribution in [0, 0.1) is 5.92 Å². The van der Waals surface area contributed by atoms with Crippen LogP contribution in [0.4, 0.5) is 0 Å². The first-order chi connectivity index (χ1) is 12.0. The summed E-state index contributed by atoms with van der Waals surface area (Å²) in [6.07, 6.45) is 1.52. The van der Waals surface area contributed by atoms with Gasteiger partial charge in [-0.3, -0.25) is 4.79 Å². The molecule has 0 fully saturated rings. The first-order valence-corrected chi connectivity index (χ1v) is 9.20. The van der Waals surface area contributed by atoms with Crippen LogP contribution >= 0.6 is 22.9 Å². The van der Waals surface area contributed by atoms with Crippen molar-refractivity contribution in [2.24, 2.45) is 5.92 Å². The maximum Gasteiger partial charge on any atom is 0.314 e. The number of carbonyl (C=O) groups excluding carboxylic acids is 1. The molecule has 1 atom stereocenters. The van der Waals surface area contributed by atoms with Crippen molar-refractivity contribution < 1.29 is 13.9 Å². The number of benzene rings is 1. The minimum Gasteiger partial charge on any atom is -0.459 e. The molecule has 0 spiro atoms. The molecule has 4 nitrogen and oxygen atoms in total. The molecule has 0 N–H and O–H groups in total. The fourth-order valence-electron chi connectivity index (χ4n) is 2.58. The standard InChI is InChI=1S/C19H18ClNO3S/c1-12(2)17(13-5-7-14(20)8-6-13)19(22)24-11-15-10-23-18(21-15)16-4-3-9-25-16/h3-10,12,17H,11H2,1-2H3/t17-/m1/s1. The lowest BCUT2D eigenvalue weighted by molar-refractivity contribution is -0.148. The average molecular weight is 376 g/mol. The van der Waals surface area contributed by atoms with E-state index >= 15 is 0 Å². The molecule has 0 unspecified atom stereocenters. The molecule has 0 amide bonds. The highest BCUT2D eigenvalue weighted by Gasteiger charge is 2.26. The van der Waals surface area contributed by atoms with Gasteiger partial charge in [0.15, 0.2) is 0 Å². The molecule has 0 bridgehead atoms. The van der Waals surface area contributed by atoms with E-state index in [0.717, 1.165) is 10.4 Å². The van der Waals surface area contributed by atoms with E-state index < -0.39 is 0 Å². The molecule has 0 saturated carbocycles. The molecular weight excluding hydrogens is 358 g/mol. The van der Waals surface area contributed by atoms with Gasteiger partial charge in [-0.05, 0) is 35.1 Å². The number of hydrogen-bond donors (Lipinski definition) is 0. The number of thiophene rings is 1. The molecule has 0 radical (unpaired) electrons. The first-order valence-electron chi connectivity index (χ1n) is 7.95. The van der Waals surface area contributed by atoms with Crippen LogP contribution in [0.5, 0.6) is 0 Å². The van der Waals surface area contributed by atoms with Crippen LogP contribution in [-0.4, -0.2) is 11.0 Å². The Hall–Kier alpha value is -2.11. The third kappa shape index (κ3) is 4.30. The molecule has 25 heavy (non-hydrogen) atoms. The number of carbonyl (C=O) groups is 1. The van der Waals surface area contributed by atoms with E-state index in [1.54, 1.807) is 23.5 Å². The Labute approximate surface area is 155 Å². The maximum atomic E-state index is 12.6. The Kier molecular flexibility index (Phi) is 5.56. The van der Waals surface area contributed by atoms with E-state index in [1.807, 2.05) is 43.5 Å². The van der Waals surface area contributed by atoms with Crippen molar-refractivity contribution >= 4 is 28.9 Å². The Morgan fingerprint density at radius 3 is 2.68 bits per heavy atom. The maximum absolute atomic E-state index is 12.6.